The molecule has 0 unspecified atom stereocenters. The van der Waals surface area contributed by atoms with E-state index in [2.05, 4.69) is 71.7 Å². The summed E-state index contributed by atoms with van der Waals surface area (Å²) in [6.07, 6.45) is 12.2. The summed E-state index contributed by atoms with van der Waals surface area (Å²) >= 11 is 0. The predicted molar refractivity (Wildman–Crippen MR) is 205 cm³/mol. The molecule has 7 rings (SSSR count). The van der Waals surface area contributed by atoms with E-state index in [0.717, 1.165) is 77.5 Å². The molecule has 51 heavy (non-hydrogen) atoms. The molecular weight excluding hydrogens is 809 g/mol. The minimum atomic E-state index is -0.337. The first-order valence-corrected chi connectivity index (χ1v) is 18.0. The molecule has 0 fully saturated rings. The number of hydrogen-bond acceptors (Lipinski definition) is 5. The summed E-state index contributed by atoms with van der Waals surface area (Å²) in [5.41, 5.74) is 8.12. The zero-order valence-corrected chi connectivity index (χ0v) is 32.9. The topological polar surface area (TPSA) is 76.2 Å². The summed E-state index contributed by atoms with van der Waals surface area (Å²) in [7, 11) is 0. The molecule has 0 atom stereocenters. The van der Waals surface area contributed by atoms with E-state index in [1.54, 1.807) is 0 Å². The number of aliphatic hydroxyl groups excluding tert-OH is 1. The van der Waals surface area contributed by atoms with Crippen molar-refractivity contribution in [2.24, 2.45) is 10.8 Å². The van der Waals surface area contributed by atoms with Gasteiger partial charge in [0.15, 0.2) is 5.78 Å². The normalized spacial score (nSPS) is 12.8. The van der Waals surface area contributed by atoms with Crippen molar-refractivity contribution in [3.8, 4) is 33.5 Å². The number of pyridine rings is 2. The minimum Gasteiger partial charge on any atom is -0.512 e. The average molecular weight is 856 g/mol. The van der Waals surface area contributed by atoms with Gasteiger partial charge < -0.3 is 9.52 Å². The third-order valence-corrected chi connectivity index (χ3v) is 11.2. The maximum Gasteiger partial charge on any atom is 0.164 e. The van der Waals surface area contributed by atoms with Crippen LogP contribution >= 0.6 is 0 Å². The fourth-order valence-corrected chi connectivity index (χ4v) is 6.78. The van der Waals surface area contributed by atoms with E-state index in [0.29, 0.717) is 0 Å². The number of allylic oxidation sites excluding steroid dienone is 2. The van der Waals surface area contributed by atoms with Gasteiger partial charge in [-0.1, -0.05) is 107 Å². The molecule has 1 aliphatic rings. The monoisotopic (exact) mass is 856 g/mol. The van der Waals surface area contributed by atoms with Crippen LogP contribution in [0, 0.1) is 16.9 Å². The Morgan fingerprint density at radius 1 is 0.863 bits per heavy atom. The van der Waals surface area contributed by atoms with Gasteiger partial charge in [-0.05, 0) is 60.9 Å². The van der Waals surface area contributed by atoms with E-state index in [1.165, 1.54) is 33.7 Å². The van der Waals surface area contributed by atoms with Crippen LogP contribution in [0.5, 0.6) is 0 Å². The molecule has 3 heterocycles. The van der Waals surface area contributed by atoms with Crippen LogP contribution in [0.25, 0.3) is 55.3 Å². The second kappa shape index (κ2) is 15.9. The maximum atomic E-state index is 12.2. The zero-order chi connectivity index (χ0) is 35.5. The van der Waals surface area contributed by atoms with Crippen molar-refractivity contribution < 1.29 is 34.4 Å². The number of furan rings is 1. The van der Waals surface area contributed by atoms with Gasteiger partial charge in [-0.25, -0.2) is 0 Å². The summed E-state index contributed by atoms with van der Waals surface area (Å²) in [6.45, 7) is 12.1. The number of aromatic nitrogens is 2. The third kappa shape index (κ3) is 7.36. The number of carbonyl (C=O) groups excluding carboxylic acids is 1. The van der Waals surface area contributed by atoms with Crippen LogP contribution in [0.2, 0.25) is 0 Å². The summed E-state index contributed by atoms with van der Waals surface area (Å²) in [5.74, 6) is 1.32. The van der Waals surface area contributed by atoms with Crippen LogP contribution in [0.4, 0.5) is 0 Å². The van der Waals surface area contributed by atoms with Gasteiger partial charge in [-0.3, -0.25) is 14.8 Å². The molecule has 3 aromatic carbocycles. The summed E-state index contributed by atoms with van der Waals surface area (Å²) in [4.78, 5) is 21.4. The largest absolute Gasteiger partial charge is 0.512 e. The minimum absolute atomic E-state index is 0. The molecule has 6 aromatic rings. The Hall–Kier alpha value is -4.38. The Morgan fingerprint density at radius 2 is 1.55 bits per heavy atom. The first-order valence-electron chi connectivity index (χ1n) is 18.0. The van der Waals surface area contributed by atoms with Crippen LogP contribution in [0.15, 0.2) is 108 Å². The van der Waals surface area contributed by atoms with Crippen molar-refractivity contribution in [2.45, 2.75) is 80.1 Å². The molecule has 1 radical (unpaired) electrons. The second-order valence-corrected chi connectivity index (χ2v) is 13.9. The molecule has 0 saturated carbocycles. The van der Waals surface area contributed by atoms with Gasteiger partial charge in [-0.2, -0.15) is 0 Å². The average Bonchev–Trinajstić information content (AvgIpc) is 3.57. The van der Waals surface area contributed by atoms with Crippen LogP contribution < -0.4 is 0 Å². The Bertz CT molecular complexity index is 2180. The third-order valence-electron chi connectivity index (χ3n) is 11.2. The Kier molecular flexibility index (Phi) is 11.8. The number of carbonyl (C=O) groups is 1. The van der Waals surface area contributed by atoms with E-state index >= 15 is 0 Å². The SMILES string of the molecule is CCC(C)(CC)C(=O)/C=C(\O)C(C)(CC)CC.[Ir].[c-]1c(-c2nccc3oc4c(c23)-c2ccncc2CC4)cc(-c2ccccc2)c2ccccc12. The number of aryl methyl sites for hydroxylation is 2. The zero-order valence-electron chi connectivity index (χ0n) is 30.5. The van der Waals surface area contributed by atoms with E-state index < -0.39 is 0 Å². The summed E-state index contributed by atoms with van der Waals surface area (Å²) in [6, 6.07) is 28.9. The predicted octanol–water partition coefficient (Wildman–Crippen LogP) is 11.9. The van der Waals surface area contributed by atoms with Crippen LogP contribution in [0.3, 0.4) is 0 Å². The van der Waals surface area contributed by atoms with E-state index in [-0.39, 0.29) is 42.5 Å². The molecular formula is C45H47IrN2O3-. The van der Waals surface area contributed by atoms with Crippen molar-refractivity contribution in [3.05, 3.63) is 121 Å². The van der Waals surface area contributed by atoms with Crippen molar-refractivity contribution in [1.29, 1.82) is 0 Å². The van der Waals surface area contributed by atoms with Crippen molar-refractivity contribution >= 4 is 27.5 Å². The quantitative estimate of drug-likeness (QED) is 0.0890. The molecule has 6 heteroatoms. The maximum absolute atomic E-state index is 12.2. The first-order chi connectivity index (χ1) is 24.2. The Balaban J connectivity index is 0.000000242. The Labute approximate surface area is 315 Å². The molecule has 0 saturated heterocycles. The molecule has 1 aliphatic carbocycles. The molecule has 0 bridgehead atoms. The smallest absolute Gasteiger partial charge is 0.164 e. The molecule has 0 aliphatic heterocycles. The van der Waals surface area contributed by atoms with E-state index in [9.17, 15) is 9.90 Å². The number of fused-ring (bicyclic) bond motifs is 6. The van der Waals surface area contributed by atoms with Gasteiger partial charge in [0, 0.05) is 78.7 Å². The molecule has 1 N–H and O–H groups in total. The first kappa shape index (κ1) is 37.9. The standard InChI is InChI=1S/C30H19N2O.C15H28O2.Ir/c1-2-6-19(7-3-1)25-17-22(16-20-8-4-5-9-23(20)25)30-29-27(13-15-32-30)33-26-11-10-21-18-31-14-12-24(21)28(26)29;1-7-14(5,8-2)12(16)11-13(17)15(6,9-3)10-4;/h1-9,12-15,17-18H,10-11H2;11,16H,7-10H2,1-6H3;/q-1;;/b;12-11-;. The fraction of sp³-hybridized carbons (Fsp3) is 0.311. The van der Waals surface area contributed by atoms with Crippen molar-refractivity contribution in [2.75, 3.05) is 0 Å². The van der Waals surface area contributed by atoms with Crippen LogP contribution in [0.1, 0.15) is 78.5 Å². The fourth-order valence-electron chi connectivity index (χ4n) is 6.78. The molecule has 265 valence electrons. The van der Waals surface area contributed by atoms with Gasteiger partial charge in [0.2, 0.25) is 0 Å². The number of hydrogen-bond donors (Lipinski definition) is 1. The number of ketones is 1. The van der Waals surface area contributed by atoms with Gasteiger partial charge in [-0.15, -0.1) is 23.6 Å². The van der Waals surface area contributed by atoms with E-state index in [4.69, 9.17) is 9.40 Å². The molecule has 0 amide bonds. The number of nitrogens with zero attached hydrogens (tertiary/aromatic N) is 2. The second-order valence-electron chi connectivity index (χ2n) is 13.9. The number of rotatable bonds is 9. The molecule has 5 nitrogen and oxygen atoms in total. The number of aliphatic hydroxyl groups is 1. The van der Waals surface area contributed by atoms with Crippen molar-refractivity contribution in [3.63, 3.8) is 0 Å². The van der Waals surface area contributed by atoms with Gasteiger partial charge in [0.25, 0.3) is 0 Å². The summed E-state index contributed by atoms with van der Waals surface area (Å²) < 4.78 is 6.34. The molecule has 0 spiro atoms. The Morgan fingerprint density at radius 3 is 2.25 bits per heavy atom. The summed E-state index contributed by atoms with van der Waals surface area (Å²) in [5, 5.41) is 13.5. The molecule has 3 aromatic heterocycles. The van der Waals surface area contributed by atoms with E-state index in [1.807, 2.05) is 72.3 Å². The van der Waals surface area contributed by atoms with Gasteiger partial charge in [0.1, 0.15) is 17.1 Å². The van der Waals surface area contributed by atoms with Gasteiger partial charge >= 0.3 is 0 Å². The van der Waals surface area contributed by atoms with Crippen molar-refractivity contribution in [1.82, 2.24) is 9.97 Å². The van der Waals surface area contributed by atoms with Crippen LogP contribution in [-0.4, -0.2) is 20.9 Å². The van der Waals surface area contributed by atoms with Crippen LogP contribution in [-0.2, 0) is 37.7 Å². The number of benzene rings is 3. The van der Waals surface area contributed by atoms with Gasteiger partial charge in [0.05, 0.1) is 0 Å².